The van der Waals surface area contributed by atoms with Gasteiger partial charge in [-0.2, -0.15) is 0 Å². The van der Waals surface area contributed by atoms with Crippen molar-refractivity contribution in [1.82, 2.24) is 14.4 Å². The van der Waals surface area contributed by atoms with E-state index in [1.807, 2.05) is 22.7 Å². The van der Waals surface area contributed by atoms with Crippen LogP contribution in [-0.2, 0) is 4.79 Å². The van der Waals surface area contributed by atoms with E-state index in [1.54, 1.807) is 30.2 Å². The van der Waals surface area contributed by atoms with E-state index in [4.69, 9.17) is 23.2 Å². The summed E-state index contributed by atoms with van der Waals surface area (Å²) >= 11 is 12.6. The molecule has 0 fully saturated rings. The first-order valence-electron chi connectivity index (χ1n) is 8.10. The summed E-state index contributed by atoms with van der Waals surface area (Å²) in [4.78, 5) is 23.0. The monoisotopic (exact) mass is 376 g/mol. The largest absolute Gasteiger partial charge is 0.296 e. The molecular weight excluding hydrogens is 359 g/mol. The van der Waals surface area contributed by atoms with Crippen molar-refractivity contribution in [2.75, 3.05) is 11.4 Å². The van der Waals surface area contributed by atoms with E-state index >= 15 is 0 Å². The van der Waals surface area contributed by atoms with Gasteiger partial charge in [0.25, 0.3) is 0 Å². The fourth-order valence-electron chi connectivity index (χ4n) is 2.73. The third-order valence-corrected chi connectivity index (χ3v) is 4.78. The van der Waals surface area contributed by atoms with Gasteiger partial charge in [-0.3, -0.25) is 14.1 Å². The van der Waals surface area contributed by atoms with Gasteiger partial charge < -0.3 is 0 Å². The first kappa shape index (κ1) is 17.7. The number of hydrogen-bond acceptors (Lipinski definition) is 3. The Kier molecular flexibility index (Phi) is 5.25. The number of hydrogen-bond donors (Lipinski definition) is 0. The van der Waals surface area contributed by atoms with Crippen LogP contribution >= 0.6 is 23.2 Å². The Labute approximate surface area is 156 Å². The van der Waals surface area contributed by atoms with Crippen LogP contribution in [0.2, 0.25) is 10.0 Å². The molecule has 2 aromatic heterocycles. The molecule has 1 aromatic carbocycles. The Morgan fingerprint density at radius 1 is 1.28 bits per heavy atom. The number of fused-ring (bicyclic) bond motifs is 1. The number of rotatable bonds is 5. The first-order valence-corrected chi connectivity index (χ1v) is 8.85. The van der Waals surface area contributed by atoms with E-state index < -0.39 is 0 Å². The molecule has 3 rings (SSSR count). The Balaban J connectivity index is 2.28. The van der Waals surface area contributed by atoms with Gasteiger partial charge in [0.05, 0.1) is 10.0 Å². The van der Waals surface area contributed by atoms with Crippen molar-refractivity contribution in [1.29, 1.82) is 0 Å². The van der Waals surface area contributed by atoms with Gasteiger partial charge in [-0.15, -0.1) is 0 Å². The van der Waals surface area contributed by atoms with Crippen LogP contribution in [0.1, 0.15) is 26.7 Å². The van der Waals surface area contributed by atoms with Crippen LogP contribution in [0.5, 0.6) is 0 Å². The molecule has 1 amide bonds. The molecule has 0 aliphatic rings. The molecule has 0 bridgehead atoms. The predicted octanol–water partition coefficient (Wildman–Crippen LogP) is 4.86. The summed E-state index contributed by atoms with van der Waals surface area (Å²) in [5, 5.41) is 0.853. The number of halogens is 2. The van der Waals surface area contributed by atoms with Crippen LogP contribution in [-0.4, -0.2) is 26.8 Å². The Morgan fingerprint density at radius 3 is 2.80 bits per heavy atom. The minimum Gasteiger partial charge on any atom is -0.296 e. The van der Waals surface area contributed by atoms with Crippen molar-refractivity contribution in [3.63, 3.8) is 0 Å². The van der Waals surface area contributed by atoms with Gasteiger partial charge in [-0.1, -0.05) is 48.7 Å². The lowest BCUT2D eigenvalue weighted by Gasteiger charge is -2.22. The van der Waals surface area contributed by atoms with Crippen molar-refractivity contribution in [2.24, 2.45) is 0 Å². The third-order valence-electron chi connectivity index (χ3n) is 3.96. The molecular formula is C18H18Cl2N4O. The number of nitrogens with zero attached hydrogens (tertiary/aromatic N) is 4. The number of benzene rings is 1. The van der Waals surface area contributed by atoms with Gasteiger partial charge in [0.2, 0.25) is 11.7 Å². The fraction of sp³-hybridized carbons (Fsp3) is 0.278. The van der Waals surface area contributed by atoms with Crippen molar-refractivity contribution in [3.05, 3.63) is 46.7 Å². The zero-order valence-electron chi connectivity index (χ0n) is 14.0. The molecule has 130 valence electrons. The smallest absolute Gasteiger partial charge is 0.235 e. The molecule has 7 heteroatoms. The van der Waals surface area contributed by atoms with Crippen LogP contribution < -0.4 is 4.90 Å². The van der Waals surface area contributed by atoms with E-state index in [0.717, 1.165) is 12.8 Å². The molecule has 5 nitrogen and oxygen atoms in total. The van der Waals surface area contributed by atoms with Gasteiger partial charge in [0.1, 0.15) is 11.5 Å². The maximum atomic E-state index is 12.3. The topological polar surface area (TPSA) is 50.5 Å². The molecule has 3 aromatic rings. The molecule has 25 heavy (non-hydrogen) atoms. The number of anilines is 1. The Hall–Kier alpha value is -2.11. The maximum Gasteiger partial charge on any atom is 0.235 e. The molecule has 0 saturated heterocycles. The summed E-state index contributed by atoms with van der Waals surface area (Å²) in [6, 6.07) is 7.19. The Bertz CT molecular complexity index is 923. The summed E-state index contributed by atoms with van der Waals surface area (Å²) in [6.45, 7) is 4.23. The number of carbonyl (C=O) groups excluding carboxylic acids is 1. The van der Waals surface area contributed by atoms with Gasteiger partial charge in [-0.05, 0) is 18.6 Å². The van der Waals surface area contributed by atoms with E-state index in [0.29, 0.717) is 39.4 Å². The average Bonchev–Trinajstić information content (AvgIpc) is 2.97. The number of unbranched alkanes of at least 4 members (excludes halogenated alkanes) is 1. The lowest BCUT2D eigenvalue weighted by atomic mass is 10.1. The van der Waals surface area contributed by atoms with E-state index in [1.165, 1.54) is 0 Å². The van der Waals surface area contributed by atoms with Crippen LogP contribution in [0.15, 0.2) is 36.7 Å². The summed E-state index contributed by atoms with van der Waals surface area (Å²) in [7, 11) is 0. The zero-order chi connectivity index (χ0) is 18.0. The van der Waals surface area contributed by atoms with Gasteiger partial charge >= 0.3 is 0 Å². The molecule has 0 radical (unpaired) electrons. The van der Waals surface area contributed by atoms with Crippen molar-refractivity contribution in [3.8, 4) is 11.3 Å². The number of amides is 1. The molecule has 0 aliphatic carbocycles. The summed E-state index contributed by atoms with van der Waals surface area (Å²) in [5.74, 6) is 1.11. The highest BCUT2D eigenvalue weighted by Crippen LogP contribution is 2.38. The molecule has 0 saturated carbocycles. The Morgan fingerprint density at radius 2 is 2.08 bits per heavy atom. The molecule has 2 heterocycles. The van der Waals surface area contributed by atoms with E-state index in [2.05, 4.69) is 16.9 Å². The van der Waals surface area contributed by atoms with Crippen molar-refractivity contribution in [2.45, 2.75) is 26.7 Å². The van der Waals surface area contributed by atoms with Gasteiger partial charge in [0, 0.05) is 31.4 Å². The number of imidazole rings is 1. The summed E-state index contributed by atoms with van der Waals surface area (Å²) < 4.78 is 1.81. The van der Waals surface area contributed by atoms with Crippen LogP contribution in [0.3, 0.4) is 0 Å². The molecule has 0 N–H and O–H groups in total. The van der Waals surface area contributed by atoms with Crippen LogP contribution in [0.25, 0.3) is 17.0 Å². The zero-order valence-corrected chi connectivity index (χ0v) is 15.6. The van der Waals surface area contributed by atoms with Crippen molar-refractivity contribution < 1.29 is 4.79 Å². The van der Waals surface area contributed by atoms with E-state index in [-0.39, 0.29) is 5.91 Å². The summed E-state index contributed by atoms with van der Waals surface area (Å²) in [6.07, 6.45) is 5.37. The minimum atomic E-state index is -0.0569. The molecule has 0 aliphatic heterocycles. The summed E-state index contributed by atoms with van der Waals surface area (Å²) in [5.41, 5.74) is 1.27. The third kappa shape index (κ3) is 3.34. The lowest BCUT2D eigenvalue weighted by molar-refractivity contribution is -0.116. The highest BCUT2D eigenvalue weighted by Gasteiger charge is 2.24. The van der Waals surface area contributed by atoms with Crippen molar-refractivity contribution >= 4 is 40.7 Å². The minimum absolute atomic E-state index is 0.0569. The van der Waals surface area contributed by atoms with Crippen LogP contribution in [0, 0.1) is 0 Å². The second-order valence-electron chi connectivity index (χ2n) is 5.70. The number of aromatic nitrogens is 3. The normalized spacial score (nSPS) is 11.0. The number of carbonyl (C=O) groups is 1. The SMILES string of the molecule is CCCCN(C(C)=O)c1c(-c2cccc(Cl)c2Cl)nc2ncccn12. The van der Waals surface area contributed by atoms with Gasteiger partial charge in [0.15, 0.2) is 0 Å². The highest BCUT2D eigenvalue weighted by molar-refractivity contribution is 6.43. The standard InChI is InChI=1S/C18H18Cl2N4O/c1-3-4-10-23(12(2)25)17-16(13-7-5-8-14(19)15(13)20)22-18-21-9-6-11-24(17)18/h5-9,11H,3-4,10H2,1-2H3. The van der Waals surface area contributed by atoms with E-state index in [9.17, 15) is 4.79 Å². The fourth-order valence-corrected chi connectivity index (χ4v) is 3.12. The molecule has 0 atom stereocenters. The second kappa shape index (κ2) is 7.42. The van der Waals surface area contributed by atoms with Crippen LogP contribution in [0.4, 0.5) is 5.82 Å². The quantitative estimate of drug-likeness (QED) is 0.638. The average molecular weight is 377 g/mol. The lowest BCUT2D eigenvalue weighted by Crippen LogP contribution is -2.31. The first-order chi connectivity index (χ1) is 12.0. The highest BCUT2D eigenvalue weighted by atomic mass is 35.5. The van der Waals surface area contributed by atoms with Gasteiger partial charge in [-0.25, -0.2) is 9.97 Å². The molecule has 0 unspecified atom stereocenters. The second-order valence-corrected chi connectivity index (χ2v) is 6.48. The maximum absolute atomic E-state index is 12.3. The molecule has 0 spiro atoms. The predicted molar refractivity (Wildman–Crippen MR) is 101 cm³/mol.